The zero-order valence-electron chi connectivity index (χ0n) is 20.1. The van der Waals surface area contributed by atoms with Gasteiger partial charge in [-0.05, 0) is 50.1 Å². The summed E-state index contributed by atoms with van der Waals surface area (Å²) in [4.78, 5) is 56.7. The third-order valence-corrected chi connectivity index (χ3v) is 6.31. The third-order valence-electron chi connectivity index (χ3n) is 6.31. The van der Waals surface area contributed by atoms with Crippen molar-refractivity contribution in [1.82, 2.24) is 20.4 Å². The number of nitrogens with zero attached hydrogens (tertiary/aromatic N) is 3. The van der Waals surface area contributed by atoms with Crippen LogP contribution in [-0.4, -0.2) is 92.2 Å². The van der Waals surface area contributed by atoms with Crippen LogP contribution in [0.25, 0.3) is 0 Å². The summed E-state index contributed by atoms with van der Waals surface area (Å²) in [6, 6.07) is 5.51. The highest BCUT2D eigenvalue weighted by Crippen LogP contribution is 2.30. The number of hydrogen-bond acceptors (Lipinski definition) is 6. The first-order valence-electron chi connectivity index (χ1n) is 11.5. The lowest BCUT2D eigenvalue weighted by atomic mass is 10.0. The molecule has 9 nitrogen and oxygen atoms in total. The average molecular weight is 458 g/mol. The molecule has 2 heterocycles. The van der Waals surface area contributed by atoms with Gasteiger partial charge in [-0.25, -0.2) is 0 Å². The topological polar surface area (TPSA) is 102 Å². The van der Waals surface area contributed by atoms with Gasteiger partial charge in [-0.1, -0.05) is 13.8 Å². The molecule has 2 N–H and O–H groups in total. The number of ketones is 1. The lowest BCUT2D eigenvalue weighted by Crippen LogP contribution is -2.53. The van der Waals surface area contributed by atoms with Gasteiger partial charge in [0, 0.05) is 31.9 Å². The molecule has 3 amide bonds. The van der Waals surface area contributed by atoms with Crippen molar-refractivity contribution in [2.24, 2.45) is 5.92 Å². The smallest absolute Gasteiger partial charge is 0.251 e. The van der Waals surface area contributed by atoms with Crippen LogP contribution < -0.4 is 15.5 Å². The number of amides is 3. The van der Waals surface area contributed by atoms with Crippen molar-refractivity contribution < 1.29 is 19.2 Å². The van der Waals surface area contributed by atoms with Gasteiger partial charge in [0.25, 0.3) is 5.91 Å². The molecule has 0 aliphatic carbocycles. The van der Waals surface area contributed by atoms with Crippen molar-refractivity contribution in [1.29, 1.82) is 0 Å². The second kappa shape index (κ2) is 10.3. The van der Waals surface area contributed by atoms with Gasteiger partial charge in [-0.15, -0.1) is 0 Å². The van der Waals surface area contributed by atoms with Crippen LogP contribution in [0.1, 0.15) is 37.0 Å². The van der Waals surface area contributed by atoms with Gasteiger partial charge in [-0.3, -0.25) is 19.2 Å². The number of likely N-dealkylation sites (N-methyl/N-ethyl adjacent to an activating group) is 1. The van der Waals surface area contributed by atoms with Gasteiger partial charge in [-0.2, -0.15) is 0 Å². The Hall–Kier alpha value is -2.94. The standard InChI is InChI=1S/C24H35N5O4/c1-15(2)12-18(26-23(32)16-6-8-17(9-7-16)27(4)5)24(33)28-11-10-19-22(28)20(30)14-29(19)21(31)13-25-3/h6-9,15,18-19,22,25H,10-14H2,1-5H3,(H,26,32)/t18-,19?,22-/m0/s1. The molecule has 0 spiro atoms. The maximum Gasteiger partial charge on any atom is 0.251 e. The summed E-state index contributed by atoms with van der Waals surface area (Å²) in [5, 5.41) is 5.72. The Morgan fingerprint density at radius 1 is 1.12 bits per heavy atom. The molecule has 0 bridgehead atoms. The minimum atomic E-state index is -0.736. The number of anilines is 1. The molecule has 2 saturated heterocycles. The number of carbonyl (C=O) groups is 4. The molecule has 0 saturated carbocycles. The van der Waals surface area contributed by atoms with Crippen LogP contribution in [0.3, 0.4) is 0 Å². The van der Waals surface area contributed by atoms with Crippen LogP contribution in [-0.2, 0) is 14.4 Å². The van der Waals surface area contributed by atoms with Crippen LogP contribution >= 0.6 is 0 Å². The number of Topliss-reactive ketones (excluding diaryl/α,β-unsaturated/α-hetero) is 1. The molecule has 1 aromatic carbocycles. The van der Waals surface area contributed by atoms with E-state index in [1.165, 1.54) is 0 Å². The molecule has 0 aromatic heterocycles. The van der Waals surface area contributed by atoms with E-state index >= 15 is 0 Å². The van der Waals surface area contributed by atoms with Crippen molar-refractivity contribution >= 4 is 29.2 Å². The molecule has 1 unspecified atom stereocenters. The van der Waals surface area contributed by atoms with Crippen molar-refractivity contribution in [2.45, 2.75) is 44.8 Å². The van der Waals surface area contributed by atoms with Crippen molar-refractivity contribution in [3.05, 3.63) is 29.8 Å². The highest BCUT2D eigenvalue weighted by Gasteiger charge is 2.52. The number of fused-ring (bicyclic) bond motifs is 1. The molecule has 2 fully saturated rings. The zero-order chi connectivity index (χ0) is 24.3. The summed E-state index contributed by atoms with van der Waals surface area (Å²) >= 11 is 0. The Labute approximate surface area is 195 Å². The molecule has 0 radical (unpaired) electrons. The molecule has 2 aliphatic rings. The summed E-state index contributed by atoms with van der Waals surface area (Å²) in [5.74, 6) is -0.670. The van der Waals surface area contributed by atoms with E-state index in [0.717, 1.165) is 5.69 Å². The van der Waals surface area contributed by atoms with E-state index in [0.29, 0.717) is 24.9 Å². The molecule has 33 heavy (non-hydrogen) atoms. The van der Waals surface area contributed by atoms with E-state index in [1.807, 2.05) is 45.0 Å². The van der Waals surface area contributed by atoms with Crippen LogP contribution in [0.15, 0.2) is 24.3 Å². The summed E-state index contributed by atoms with van der Waals surface area (Å²) in [6.45, 7) is 4.56. The van der Waals surface area contributed by atoms with Gasteiger partial charge in [0.05, 0.1) is 19.1 Å². The monoisotopic (exact) mass is 457 g/mol. The lowest BCUT2D eigenvalue weighted by Gasteiger charge is -2.29. The van der Waals surface area contributed by atoms with Crippen molar-refractivity contribution in [3.63, 3.8) is 0 Å². The van der Waals surface area contributed by atoms with Crippen LogP contribution in [0, 0.1) is 5.92 Å². The Kier molecular flexibility index (Phi) is 7.73. The van der Waals surface area contributed by atoms with Crippen molar-refractivity contribution in [2.75, 3.05) is 45.7 Å². The highest BCUT2D eigenvalue weighted by molar-refractivity contribution is 6.01. The van der Waals surface area contributed by atoms with E-state index < -0.39 is 12.1 Å². The minimum absolute atomic E-state index is 0.0268. The molecule has 3 atom stereocenters. The highest BCUT2D eigenvalue weighted by atomic mass is 16.2. The first-order valence-corrected chi connectivity index (χ1v) is 11.5. The quantitative estimate of drug-likeness (QED) is 0.589. The molecular weight excluding hydrogens is 422 g/mol. The number of likely N-dealkylation sites (tertiary alicyclic amines) is 2. The predicted octanol–water partition coefficient (Wildman–Crippen LogP) is 0.497. The van der Waals surface area contributed by atoms with Crippen LogP contribution in [0.2, 0.25) is 0 Å². The predicted molar refractivity (Wildman–Crippen MR) is 126 cm³/mol. The SMILES string of the molecule is CNCC(=O)N1CC(=O)[C@@H]2C1CCN2C(=O)[C@H](CC(C)C)NC(=O)c1ccc(N(C)C)cc1. The maximum absolute atomic E-state index is 13.5. The van der Waals surface area contributed by atoms with E-state index in [1.54, 1.807) is 29.0 Å². The van der Waals surface area contributed by atoms with Crippen molar-refractivity contribution in [3.8, 4) is 0 Å². The second-order valence-corrected chi connectivity index (χ2v) is 9.45. The number of carbonyl (C=O) groups excluding carboxylic acids is 4. The normalized spacial score (nSPS) is 20.7. The van der Waals surface area contributed by atoms with E-state index in [2.05, 4.69) is 10.6 Å². The molecule has 3 rings (SSSR count). The van der Waals surface area contributed by atoms with Gasteiger partial charge in [0.1, 0.15) is 12.1 Å². The summed E-state index contributed by atoms with van der Waals surface area (Å²) in [5.41, 5.74) is 1.45. The molecule has 2 aliphatic heterocycles. The fourth-order valence-corrected chi connectivity index (χ4v) is 4.69. The van der Waals surface area contributed by atoms with Gasteiger partial charge < -0.3 is 25.3 Å². The van der Waals surface area contributed by atoms with E-state index in [9.17, 15) is 19.2 Å². The Morgan fingerprint density at radius 3 is 2.36 bits per heavy atom. The largest absolute Gasteiger partial charge is 0.378 e. The number of rotatable bonds is 8. The van der Waals surface area contributed by atoms with Gasteiger partial charge >= 0.3 is 0 Å². The first-order chi connectivity index (χ1) is 15.6. The van der Waals surface area contributed by atoms with E-state index in [4.69, 9.17) is 0 Å². The fourth-order valence-electron chi connectivity index (χ4n) is 4.69. The van der Waals surface area contributed by atoms with Crippen LogP contribution in [0.5, 0.6) is 0 Å². The zero-order valence-corrected chi connectivity index (χ0v) is 20.1. The summed E-state index contributed by atoms with van der Waals surface area (Å²) in [6.07, 6.45) is 1.02. The van der Waals surface area contributed by atoms with E-state index in [-0.39, 0.29) is 48.6 Å². The lowest BCUT2D eigenvalue weighted by molar-refractivity contribution is -0.138. The molecule has 1 aromatic rings. The minimum Gasteiger partial charge on any atom is -0.378 e. The average Bonchev–Trinajstić information content (AvgIpc) is 3.34. The second-order valence-electron chi connectivity index (χ2n) is 9.45. The van der Waals surface area contributed by atoms with Gasteiger partial charge in [0.15, 0.2) is 5.78 Å². The van der Waals surface area contributed by atoms with Gasteiger partial charge in [0.2, 0.25) is 11.8 Å². The first kappa shape index (κ1) is 24.7. The number of benzene rings is 1. The Morgan fingerprint density at radius 2 is 1.79 bits per heavy atom. The van der Waals surface area contributed by atoms with Crippen LogP contribution in [0.4, 0.5) is 5.69 Å². The summed E-state index contributed by atoms with van der Waals surface area (Å²) in [7, 11) is 5.53. The third kappa shape index (κ3) is 5.35. The molecular formula is C24H35N5O4. The molecule has 9 heteroatoms. The maximum atomic E-state index is 13.5. The number of nitrogens with one attached hydrogen (secondary N) is 2. The number of hydrogen-bond donors (Lipinski definition) is 2. The fraction of sp³-hybridized carbons (Fsp3) is 0.583. The summed E-state index contributed by atoms with van der Waals surface area (Å²) < 4.78 is 0. The Bertz CT molecular complexity index is 899. The molecule has 180 valence electrons. The Balaban J connectivity index is 1.75.